The third-order valence-electron chi connectivity index (χ3n) is 4.68. The van der Waals surface area contributed by atoms with E-state index < -0.39 is 24.0 Å². The summed E-state index contributed by atoms with van der Waals surface area (Å²) in [5, 5.41) is 21.0. The number of carbonyl (C=O) groups is 2. The summed E-state index contributed by atoms with van der Waals surface area (Å²) in [5.74, 6) is -1.06. The number of nitrogens with one attached hydrogen (secondary N) is 1. The van der Waals surface area contributed by atoms with Crippen LogP contribution in [0.2, 0.25) is 5.02 Å². The van der Waals surface area contributed by atoms with Crippen LogP contribution in [0.3, 0.4) is 0 Å². The maximum Gasteiger partial charge on any atom is 0.316 e. The van der Waals surface area contributed by atoms with E-state index in [4.69, 9.17) is 16.3 Å². The van der Waals surface area contributed by atoms with Crippen LogP contribution in [-0.4, -0.2) is 44.5 Å². The molecule has 0 saturated heterocycles. The van der Waals surface area contributed by atoms with E-state index in [1.807, 2.05) is 19.1 Å². The lowest BCUT2D eigenvalue weighted by Crippen LogP contribution is -2.46. The van der Waals surface area contributed by atoms with Gasteiger partial charge in [0.2, 0.25) is 0 Å². The number of halogens is 1. The minimum atomic E-state index is -0.829. The summed E-state index contributed by atoms with van der Waals surface area (Å²) in [5.41, 5.74) is 0.902. The van der Waals surface area contributed by atoms with Crippen molar-refractivity contribution in [3.63, 3.8) is 0 Å². The smallest absolute Gasteiger partial charge is 0.316 e. The topological polar surface area (TPSA) is 110 Å². The minimum Gasteiger partial charge on any atom is -0.455 e. The number of nitrogens with zero attached hydrogens (tertiary/aromatic N) is 4. The summed E-state index contributed by atoms with van der Waals surface area (Å²) in [6, 6.07) is 7.72. The first kappa shape index (κ1) is 21.1. The Labute approximate surface area is 177 Å². The summed E-state index contributed by atoms with van der Waals surface area (Å²) in [4.78, 5) is 24.0. The fourth-order valence-corrected chi connectivity index (χ4v) is 3.99. The number of hydrogen-bond acceptors (Lipinski definition) is 7. The summed E-state index contributed by atoms with van der Waals surface area (Å²) in [6.07, 6.45) is 4.58. The monoisotopic (exact) mass is 433 g/mol. The molecule has 1 saturated carbocycles. The van der Waals surface area contributed by atoms with Crippen LogP contribution in [-0.2, 0) is 14.3 Å². The number of esters is 1. The molecule has 0 spiro atoms. The van der Waals surface area contributed by atoms with Crippen LogP contribution in [0.4, 0.5) is 0 Å². The number of amides is 1. The Kier molecular flexibility index (Phi) is 6.77. The van der Waals surface area contributed by atoms with Gasteiger partial charge in [0.05, 0.1) is 17.5 Å². The van der Waals surface area contributed by atoms with Crippen LogP contribution in [0, 0.1) is 18.3 Å². The lowest BCUT2D eigenvalue weighted by atomic mass is 10.00. The predicted molar refractivity (Wildman–Crippen MR) is 108 cm³/mol. The quantitative estimate of drug-likeness (QED) is 0.528. The molecule has 0 atom stereocenters. The Balaban J connectivity index is 1.50. The molecule has 0 aliphatic heterocycles. The largest absolute Gasteiger partial charge is 0.455 e. The first-order chi connectivity index (χ1) is 13.9. The highest BCUT2D eigenvalue weighted by Gasteiger charge is 2.35. The normalized spacial score (nSPS) is 14.9. The van der Waals surface area contributed by atoms with E-state index in [0.29, 0.717) is 23.0 Å². The lowest BCUT2D eigenvalue weighted by Gasteiger charge is -2.21. The highest BCUT2D eigenvalue weighted by atomic mass is 35.5. The number of aryl methyl sites for hydroxylation is 1. The molecular formula is C19H20ClN5O3S. The van der Waals surface area contributed by atoms with Gasteiger partial charge in [-0.15, -0.1) is 10.2 Å². The van der Waals surface area contributed by atoms with Gasteiger partial charge in [-0.2, -0.15) is 5.26 Å². The summed E-state index contributed by atoms with van der Waals surface area (Å²) < 4.78 is 6.74. The predicted octanol–water partition coefficient (Wildman–Crippen LogP) is 2.82. The molecule has 1 aliphatic rings. The average Bonchev–Trinajstić information content (AvgIpc) is 3.37. The van der Waals surface area contributed by atoms with E-state index in [0.717, 1.165) is 35.9 Å². The number of carbonyl (C=O) groups excluding carboxylic acids is 2. The van der Waals surface area contributed by atoms with Crippen LogP contribution in [0.5, 0.6) is 0 Å². The fourth-order valence-electron chi connectivity index (χ4n) is 3.09. The number of nitriles is 1. The Morgan fingerprint density at radius 3 is 2.86 bits per heavy atom. The minimum absolute atomic E-state index is 0.0328. The molecule has 8 nitrogen and oxygen atoms in total. The van der Waals surface area contributed by atoms with Gasteiger partial charge in [0.25, 0.3) is 5.91 Å². The first-order valence-electron chi connectivity index (χ1n) is 9.10. The van der Waals surface area contributed by atoms with Gasteiger partial charge in [-0.25, -0.2) is 0 Å². The molecule has 0 unspecified atom stereocenters. The Morgan fingerprint density at radius 1 is 1.41 bits per heavy atom. The van der Waals surface area contributed by atoms with Crippen molar-refractivity contribution in [2.75, 3.05) is 12.4 Å². The van der Waals surface area contributed by atoms with E-state index in [1.165, 1.54) is 6.33 Å². The molecule has 1 amide bonds. The molecule has 1 heterocycles. The van der Waals surface area contributed by atoms with Crippen molar-refractivity contribution in [2.24, 2.45) is 0 Å². The second-order valence-corrected chi connectivity index (χ2v) is 8.17. The number of hydrogen-bond donors (Lipinski definition) is 1. The van der Waals surface area contributed by atoms with E-state index in [1.54, 1.807) is 10.6 Å². The zero-order chi connectivity index (χ0) is 20.9. The molecule has 29 heavy (non-hydrogen) atoms. The molecule has 1 aromatic carbocycles. The summed E-state index contributed by atoms with van der Waals surface area (Å²) in [6.45, 7) is 1.49. The molecule has 1 aromatic heterocycles. The van der Waals surface area contributed by atoms with Gasteiger partial charge in [-0.05, 0) is 50.3 Å². The molecule has 2 aromatic rings. The van der Waals surface area contributed by atoms with E-state index in [-0.39, 0.29) is 5.75 Å². The van der Waals surface area contributed by atoms with Gasteiger partial charge in [0.1, 0.15) is 11.9 Å². The van der Waals surface area contributed by atoms with E-state index in [2.05, 4.69) is 21.6 Å². The molecule has 1 aliphatic carbocycles. The maximum atomic E-state index is 12.0. The summed E-state index contributed by atoms with van der Waals surface area (Å²) >= 11 is 7.31. The van der Waals surface area contributed by atoms with Gasteiger partial charge >= 0.3 is 5.97 Å². The SMILES string of the molecule is Cc1ccc(-n2cnnc2SCC(=O)OCC(=O)NC2(C#N)CCCC2)cc1Cl. The van der Waals surface area contributed by atoms with Crippen LogP contribution in [0.1, 0.15) is 31.2 Å². The summed E-state index contributed by atoms with van der Waals surface area (Å²) in [7, 11) is 0. The second kappa shape index (κ2) is 9.29. The molecule has 0 radical (unpaired) electrons. The van der Waals surface area contributed by atoms with Gasteiger partial charge in [0, 0.05) is 5.02 Å². The van der Waals surface area contributed by atoms with Crippen molar-refractivity contribution in [1.29, 1.82) is 5.26 Å². The third kappa shape index (κ3) is 5.28. The second-order valence-electron chi connectivity index (χ2n) is 6.82. The van der Waals surface area contributed by atoms with Crippen LogP contribution in [0.25, 0.3) is 5.69 Å². The van der Waals surface area contributed by atoms with E-state index in [9.17, 15) is 14.9 Å². The Hall–Kier alpha value is -2.57. The highest BCUT2D eigenvalue weighted by Crippen LogP contribution is 2.28. The van der Waals surface area contributed by atoms with Crippen LogP contribution >= 0.6 is 23.4 Å². The zero-order valence-electron chi connectivity index (χ0n) is 15.9. The van der Waals surface area contributed by atoms with Gasteiger partial charge in [0.15, 0.2) is 11.8 Å². The fraction of sp³-hybridized carbons (Fsp3) is 0.421. The Bertz CT molecular complexity index is 950. The van der Waals surface area contributed by atoms with Crippen molar-refractivity contribution >= 4 is 35.2 Å². The molecular weight excluding hydrogens is 414 g/mol. The maximum absolute atomic E-state index is 12.0. The number of rotatable bonds is 7. The Morgan fingerprint density at radius 2 is 2.17 bits per heavy atom. The first-order valence-corrected chi connectivity index (χ1v) is 10.5. The lowest BCUT2D eigenvalue weighted by molar-refractivity contribution is -0.146. The molecule has 0 bridgehead atoms. The van der Waals surface area contributed by atoms with Crippen molar-refractivity contribution < 1.29 is 14.3 Å². The number of benzene rings is 1. The molecule has 1 N–H and O–H groups in total. The number of thioether (sulfide) groups is 1. The standard InChI is InChI=1S/C19H20ClN5O3S/c1-13-4-5-14(8-15(13)20)25-12-22-24-18(25)29-10-17(27)28-9-16(26)23-19(11-21)6-2-3-7-19/h4-5,8,12H,2-3,6-7,9-10H2,1H3,(H,23,26). The van der Waals surface area contributed by atoms with Crippen molar-refractivity contribution in [3.05, 3.63) is 35.1 Å². The van der Waals surface area contributed by atoms with Crippen LogP contribution in [0.15, 0.2) is 29.7 Å². The highest BCUT2D eigenvalue weighted by molar-refractivity contribution is 7.99. The van der Waals surface area contributed by atoms with E-state index >= 15 is 0 Å². The number of ether oxygens (including phenoxy) is 1. The van der Waals surface area contributed by atoms with Crippen molar-refractivity contribution in [1.82, 2.24) is 20.1 Å². The van der Waals surface area contributed by atoms with Crippen molar-refractivity contribution in [2.45, 2.75) is 43.3 Å². The molecule has 10 heteroatoms. The molecule has 1 fully saturated rings. The van der Waals surface area contributed by atoms with Crippen molar-refractivity contribution in [3.8, 4) is 11.8 Å². The molecule has 152 valence electrons. The third-order valence-corrected chi connectivity index (χ3v) is 6.01. The average molecular weight is 434 g/mol. The van der Waals surface area contributed by atoms with Gasteiger partial charge < -0.3 is 10.1 Å². The zero-order valence-corrected chi connectivity index (χ0v) is 17.4. The number of aromatic nitrogens is 3. The van der Waals surface area contributed by atoms with Crippen LogP contribution < -0.4 is 5.32 Å². The van der Waals surface area contributed by atoms with Gasteiger partial charge in [-0.1, -0.05) is 29.4 Å². The molecule has 3 rings (SSSR count). The van der Waals surface area contributed by atoms with Gasteiger partial charge in [-0.3, -0.25) is 14.2 Å².